The molecule has 3 heterocycles. The second kappa shape index (κ2) is 15.1. The number of nitrogens with zero attached hydrogens (tertiary/aromatic N) is 2. The van der Waals surface area contributed by atoms with E-state index in [1.54, 1.807) is 18.2 Å². The van der Waals surface area contributed by atoms with Gasteiger partial charge in [-0.25, -0.2) is 13.4 Å². The van der Waals surface area contributed by atoms with E-state index in [2.05, 4.69) is 10.3 Å². The average Bonchev–Trinajstić information content (AvgIpc) is 3.58. The molecule has 2 aromatic carbocycles. The Bertz CT molecular complexity index is 1560. The largest absolute Gasteiger partial charge is 0.462 e. The van der Waals surface area contributed by atoms with Crippen LogP contribution in [-0.2, 0) is 35.4 Å². The second-order valence-corrected chi connectivity index (χ2v) is 15.9. The summed E-state index contributed by atoms with van der Waals surface area (Å²) in [5, 5.41) is 26.0. The standard InChI is InChI=1S/C33H45N3O8S2/c1-20(2)17-36(46(40,41)24-10-11-25-29(16-24)45-33(35-25)34-21(3)4)18-26(37)23(14-22-8-6-5-7-9-22)15-30(39)44-28-12-13-42-32-31(28)27(38)19-43-32/h5-11,16,20-21,23,26-28,31-32,37-38H,12-15,17-19H2,1-4H3,(H,34,35)/t23-,26-,27+,28+,31+,32+/m1/s1. The molecular formula is C33H45N3O8S2. The fourth-order valence-corrected chi connectivity index (χ4v) is 8.83. The van der Waals surface area contributed by atoms with Crippen molar-refractivity contribution in [3.8, 4) is 0 Å². The van der Waals surface area contributed by atoms with Crippen LogP contribution >= 0.6 is 11.3 Å². The number of rotatable bonds is 14. The minimum atomic E-state index is -4.01. The van der Waals surface area contributed by atoms with Gasteiger partial charge in [0.2, 0.25) is 10.0 Å². The Morgan fingerprint density at radius 2 is 1.89 bits per heavy atom. The number of esters is 1. The monoisotopic (exact) mass is 675 g/mol. The average molecular weight is 676 g/mol. The van der Waals surface area contributed by atoms with Crippen LogP contribution in [0, 0.1) is 17.8 Å². The van der Waals surface area contributed by atoms with Crippen molar-refractivity contribution in [2.24, 2.45) is 17.8 Å². The minimum absolute atomic E-state index is 0.0185. The Kier molecular flexibility index (Phi) is 11.4. The van der Waals surface area contributed by atoms with E-state index in [4.69, 9.17) is 14.2 Å². The highest BCUT2D eigenvalue weighted by Crippen LogP contribution is 2.34. The highest BCUT2D eigenvalue weighted by atomic mass is 32.2. The van der Waals surface area contributed by atoms with Crippen LogP contribution < -0.4 is 5.32 Å². The highest BCUT2D eigenvalue weighted by Gasteiger charge is 2.47. The molecule has 2 fully saturated rings. The number of carbonyl (C=O) groups is 1. The lowest BCUT2D eigenvalue weighted by molar-refractivity contribution is -0.199. The normalized spacial score (nSPS) is 23.2. The summed E-state index contributed by atoms with van der Waals surface area (Å²) >= 11 is 1.39. The number of benzene rings is 2. The van der Waals surface area contributed by atoms with E-state index in [9.17, 15) is 23.4 Å². The van der Waals surface area contributed by atoms with Gasteiger partial charge in [-0.3, -0.25) is 4.79 Å². The van der Waals surface area contributed by atoms with Crippen LogP contribution in [0.1, 0.15) is 46.1 Å². The summed E-state index contributed by atoms with van der Waals surface area (Å²) < 4.78 is 47.1. The number of thiazole rings is 1. The van der Waals surface area contributed by atoms with Crippen molar-refractivity contribution in [2.75, 3.05) is 31.6 Å². The molecule has 3 N–H and O–H groups in total. The summed E-state index contributed by atoms with van der Waals surface area (Å²) in [4.78, 5) is 18.0. The number of fused-ring (bicyclic) bond motifs is 2. The first-order valence-corrected chi connectivity index (χ1v) is 18.2. The molecule has 0 radical (unpaired) electrons. The molecule has 1 aromatic heterocycles. The van der Waals surface area contributed by atoms with Gasteiger partial charge in [0.1, 0.15) is 6.10 Å². The third-order valence-electron chi connectivity index (χ3n) is 8.27. The van der Waals surface area contributed by atoms with Crippen LogP contribution in [0.3, 0.4) is 0 Å². The van der Waals surface area contributed by atoms with E-state index >= 15 is 0 Å². The third kappa shape index (κ3) is 8.43. The van der Waals surface area contributed by atoms with Crippen molar-refractivity contribution in [1.82, 2.24) is 9.29 Å². The number of ether oxygens (including phenoxy) is 3. The van der Waals surface area contributed by atoms with Crippen molar-refractivity contribution in [2.45, 2.75) is 82.5 Å². The van der Waals surface area contributed by atoms with Crippen LogP contribution in [0.15, 0.2) is 53.4 Å². The molecule has 2 saturated heterocycles. The molecule has 2 aliphatic heterocycles. The molecule has 252 valence electrons. The number of sulfonamides is 1. The van der Waals surface area contributed by atoms with E-state index in [1.807, 2.05) is 58.0 Å². The van der Waals surface area contributed by atoms with Crippen molar-refractivity contribution in [3.63, 3.8) is 0 Å². The number of aromatic nitrogens is 1. The molecule has 0 amide bonds. The zero-order valence-electron chi connectivity index (χ0n) is 26.7. The van der Waals surface area contributed by atoms with Gasteiger partial charge in [-0.15, -0.1) is 0 Å². The Morgan fingerprint density at radius 1 is 1.13 bits per heavy atom. The van der Waals surface area contributed by atoms with Crippen LogP contribution in [0.2, 0.25) is 0 Å². The second-order valence-electron chi connectivity index (χ2n) is 12.9. The van der Waals surface area contributed by atoms with Gasteiger partial charge in [0.05, 0.1) is 52.9 Å². The van der Waals surface area contributed by atoms with Crippen LogP contribution in [0.4, 0.5) is 5.13 Å². The lowest BCUT2D eigenvalue weighted by Crippen LogP contribution is -2.45. The van der Waals surface area contributed by atoms with Gasteiger partial charge in [0.25, 0.3) is 0 Å². The van der Waals surface area contributed by atoms with E-state index < -0.39 is 52.4 Å². The number of nitrogens with one attached hydrogen (secondary N) is 1. The maximum atomic E-state index is 14.1. The Hall–Kier alpha value is -2.65. The predicted molar refractivity (Wildman–Crippen MR) is 176 cm³/mol. The van der Waals surface area contributed by atoms with Gasteiger partial charge in [-0.2, -0.15) is 4.31 Å². The van der Waals surface area contributed by atoms with E-state index in [0.29, 0.717) is 25.0 Å². The van der Waals surface area contributed by atoms with Gasteiger partial charge in [-0.1, -0.05) is 55.5 Å². The molecule has 46 heavy (non-hydrogen) atoms. The lowest BCUT2D eigenvalue weighted by atomic mass is 9.90. The van der Waals surface area contributed by atoms with E-state index in [-0.39, 0.29) is 43.0 Å². The van der Waals surface area contributed by atoms with Crippen molar-refractivity contribution in [3.05, 3.63) is 54.1 Å². The summed E-state index contributed by atoms with van der Waals surface area (Å²) in [6, 6.07) is 14.6. The zero-order chi connectivity index (χ0) is 33.0. The fraction of sp³-hybridized carbons (Fsp3) is 0.576. The molecule has 11 nitrogen and oxygen atoms in total. The fourth-order valence-electron chi connectivity index (χ4n) is 6.06. The molecule has 0 bridgehead atoms. The predicted octanol–water partition coefficient (Wildman–Crippen LogP) is 4.04. The molecule has 6 atom stereocenters. The van der Waals surface area contributed by atoms with Crippen LogP contribution in [-0.4, -0.2) is 90.8 Å². The Morgan fingerprint density at radius 3 is 2.61 bits per heavy atom. The van der Waals surface area contributed by atoms with Gasteiger partial charge in [-0.05, 0) is 49.9 Å². The van der Waals surface area contributed by atoms with Gasteiger partial charge >= 0.3 is 5.97 Å². The molecule has 0 unspecified atom stereocenters. The minimum Gasteiger partial charge on any atom is -0.462 e. The molecule has 5 rings (SSSR count). The van der Waals surface area contributed by atoms with Crippen molar-refractivity contribution >= 4 is 42.7 Å². The maximum absolute atomic E-state index is 14.1. The lowest BCUT2D eigenvalue weighted by Gasteiger charge is -2.34. The van der Waals surface area contributed by atoms with Crippen LogP contribution in [0.25, 0.3) is 10.2 Å². The smallest absolute Gasteiger partial charge is 0.306 e. The summed E-state index contributed by atoms with van der Waals surface area (Å²) in [6.45, 7) is 8.32. The molecule has 0 spiro atoms. The molecule has 0 aliphatic carbocycles. The Labute approximate surface area is 274 Å². The number of anilines is 1. The molecular weight excluding hydrogens is 631 g/mol. The SMILES string of the molecule is CC(C)CN(C[C@@H](O)[C@@H](CC(=O)O[C@H]1CCO[C@H]2OC[C@H](O)[C@H]21)Cc1ccccc1)S(=O)(=O)c1ccc2nc(NC(C)C)sc2c1. The first-order valence-electron chi connectivity index (χ1n) is 15.9. The van der Waals surface area contributed by atoms with Gasteiger partial charge < -0.3 is 29.7 Å². The highest BCUT2D eigenvalue weighted by molar-refractivity contribution is 7.89. The maximum Gasteiger partial charge on any atom is 0.306 e. The third-order valence-corrected chi connectivity index (χ3v) is 11.0. The van der Waals surface area contributed by atoms with Crippen LogP contribution in [0.5, 0.6) is 0 Å². The van der Waals surface area contributed by atoms with Crippen molar-refractivity contribution in [1.29, 1.82) is 0 Å². The zero-order valence-corrected chi connectivity index (χ0v) is 28.4. The number of hydrogen-bond donors (Lipinski definition) is 3. The number of hydrogen-bond acceptors (Lipinski definition) is 11. The van der Waals surface area contributed by atoms with E-state index in [1.165, 1.54) is 15.6 Å². The van der Waals surface area contributed by atoms with Gasteiger partial charge in [0, 0.05) is 31.5 Å². The van der Waals surface area contributed by atoms with E-state index in [0.717, 1.165) is 15.4 Å². The van der Waals surface area contributed by atoms with Crippen molar-refractivity contribution < 1.29 is 37.6 Å². The summed E-state index contributed by atoms with van der Waals surface area (Å²) in [6.07, 6.45) is -2.52. The number of aliphatic hydroxyl groups is 2. The summed E-state index contributed by atoms with van der Waals surface area (Å²) in [7, 11) is -4.01. The molecule has 13 heteroatoms. The number of carbonyl (C=O) groups excluding carboxylic acids is 1. The molecule has 3 aromatic rings. The first-order chi connectivity index (χ1) is 21.9. The first kappa shape index (κ1) is 34.7. The summed E-state index contributed by atoms with van der Waals surface area (Å²) in [5.74, 6) is -1.65. The molecule has 0 saturated carbocycles. The van der Waals surface area contributed by atoms with Gasteiger partial charge in [0.15, 0.2) is 11.4 Å². The number of aliphatic hydroxyl groups excluding tert-OH is 2. The molecule has 2 aliphatic rings. The quantitative estimate of drug-likeness (QED) is 0.214. The topological polar surface area (TPSA) is 148 Å². The summed E-state index contributed by atoms with van der Waals surface area (Å²) in [5.41, 5.74) is 1.61. The Balaban J connectivity index is 1.35.